The molecule has 1 aromatic carbocycles. The molecule has 1 aliphatic rings. The third-order valence-electron chi connectivity index (χ3n) is 4.73. The van der Waals surface area contributed by atoms with E-state index in [1.165, 1.54) is 6.07 Å². The van der Waals surface area contributed by atoms with Crippen LogP contribution >= 0.6 is 0 Å². The van der Waals surface area contributed by atoms with E-state index in [9.17, 15) is 18.0 Å². The highest BCUT2D eigenvalue weighted by molar-refractivity contribution is 5.96. The Kier molecular flexibility index (Phi) is 5.17. The number of hydrogen-bond acceptors (Lipinski definition) is 4. The van der Waals surface area contributed by atoms with E-state index in [1.807, 2.05) is 18.7 Å². The number of hydrogen-bond donors (Lipinski definition) is 0. The lowest BCUT2D eigenvalue weighted by Crippen LogP contribution is -2.49. The van der Waals surface area contributed by atoms with Gasteiger partial charge in [0.1, 0.15) is 5.56 Å². The van der Waals surface area contributed by atoms with Crippen LogP contribution in [0.4, 0.5) is 18.9 Å². The molecule has 0 atom stereocenters. The first-order chi connectivity index (χ1) is 12.7. The molecule has 27 heavy (non-hydrogen) atoms. The van der Waals surface area contributed by atoms with E-state index < -0.39 is 11.7 Å². The van der Waals surface area contributed by atoms with Crippen molar-refractivity contribution >= 4 is 11.6 Å². The summed E-state index contributed by atoms with van der Waals surface area (Å²) in [5, 5.41) is 3.91. The second-order valence-electron chi connectivity index (χ2n) is 6.99. The van der Waals surface area contributed by atoms with Gasteiger partial charge < -0.3 is 14.3 Å². The number of halogens is 3. The van der Waals surface area contributed by atoms with Gasteiger partial charge in [-0.2, -0.15) is 13.2 Å². The van der Waals surface area contributed by atoms with Crippen molar-refractivity contribution < 1.29 is 22.5 Å². The maximum absolute atomic E-state index is 12.9. The molecule has 1 aliphatic heterocycles. The lowest BCUT2D eigenvalue weighted by atomic mass is 10.0. The molecular weight excluding hydrogens is 359 g/mol. The second-order valence-corrected chi connectivity index (χ2v) is 6.99. The lowest BCUT2D eigenvalue weighted by molar-refractivity contribution is -0.137. The van der Waals surface area contributed by atoms with Crippen molar-refractivity contribution in [1.29, 1.82) is 0 Å². The Morgan fingerprint density at radius 3 is 2.44 bits per heavy atom. The highest BCUT2D eigenvalue weighted by Gasteiger charge is 2.32. The van der Waals surface area contributed by atoms with E-state index in [2.05, 4.69) is 5.16 Å². The van der Waals surface area contributed by atoms with E-state index in [4.69, 9.17) is 4.52 Å². The number of alkyl halides is 3. The molecule has 0 saturated carbocycles. The van der Waals surface area contributed by atoms with Crippen molar-refractivity contribution in [2.24, 2.45) is 0 Å². The summed E-state index contributed by atoms with van der Waals surface area (Å²) < 4.78 is 44.0. The topological polar surface area (TPSA) is 49.6 Å². The molecule has 0 unspecified atom stereocenters. The first-order valence-corrected chi connectivity index (χ1v) is 8.86. The number of anilines is 1. The molecule has 0 bridgehead atoms. The van der Waals surface area contributed by atoms with Gasteiger partial charge in [-0.3, -0.25) is 4.79 Å². The minimum absolute atomic E-state index is 0.0385. The van der Waals surface area contributed by atoms with Crippen LogP contribution in [0, 0.1) is 6.92 Å². The molecule has 0 radical (unpaired) electrons. The van der Waals surface area contributed by atoms with Gasteiger partial charge >= 0.3 is 6.18 Å². The van der Waals surface area contributed by atoms with Gasteiger partial charge in [0.15, 0.2) is 5.76 Å². The van der Waals surface area contributed by atoms with E-state index >= 15 is 0 Å². The Morgan fingerprint density at radius 1 is 1.19 bits per heavy atom. The number of benzene rings is 1. The maximum atomic E-state index is 12.9. The van der Waals surface area contributed by atoms with E-state index in [0.717, 1.165) is 12.1 Å². The Bertz CT molecular complexity index is 822. The molecule has 5 nitrogen and oxygen atoms in total. The molecule has 0 aliphatic carbocycles. The van der Waals surface area contributed by atoms with Gasteiger partial charge in [-0.25, -0.2) is 0 Å². The summed E-state index contributed by atoms with van der Waals surface area (Å²) in [5.41, 5.74) is 0.905. The Balaban J connectivity index is 1.71. The number of carbonyl (C=O) groups is 1. The first kappa shape index (κ1) is 19.3. The average molecular weight is 381 g/mol. The fraction of sp³-hybridized carbons (Fsp3) is 0.474. The summed E-state index contributed by atoms with van der Waals surface area (Å²) in [6.07, 6.45) is -4.37. The Labute approximate surface area is 155 Å². The van der Waals surface area contributed by atoms with E-state index in [0.29, 0.717) is 48.9 Å². The predicted octanol–water partition coefficient (Wildman–Crippen LogP) is 4.09. The van der Waals surface area contributed by atoms with Crippen LogP contribution < -0.4 is 4.90 Å². The van der Waals surface area contributed by atoms with Crippen LogP contribution in [0.5, 0.6) is 0 Å². The molecule has 3 rings (SSSR count). The monoisotopic (exact) mass is 381 g/mol. The normalized spacial score (nSPS) is 15.5. The quantitative estimate of drug-likeness (QED) is 0.804. The summed E-state index contributed by atoms with van der Waals surface area (Å²) in [5.74, 6) is 0.468. The van der Waals surface area contributed by atoms with Gasteiger partial charge in [0.05, 0.1) is 11.3 Å². The predicted molar refractivity (Wildman–Crippen MR) is 94.9 cm³/mol. The lowest BCUT2D eigenvalue weighted by Gasteiger charge is -2.36. The second kappa shape index (κ2) is 7.25. The van der Waals surface area contributed by atoms with Crippen molar-refractivity contribution in [3.63, 3.8) is 0 Å². The fourth-order valence-electron chi connectivity index (χ4n) is 3.25. The molecule has 2 aromatic rings. The number of piperazine rings is 1. The number of rotatable bonds is 3. The standard InChI is InChI=1S/C19H22F3N3O2/c1-12(2)17-16(13(3)23-27-17)18(26)25-9-7-24(8-10-25)15-6-4-5-14(11-15)19(20,21)22/h4-6,11-12H,7-10H2,1-3H3. The van der Waals surface area contributed by atoms with Crippen LogP contribution in [-0.4, -0.2) is 42.1 Å². The molecule has 0 spiro atoms. The van der Waals surface area contributed by atoms with Crippen LogP contribution in [0.25, 0.3) is 0 Å². The number of aromatic nitrogens is 1. The highest BCUT2D eigenvalue weighted by Crippen LogP contribution is 2.32. The minimum atomic E-state index is -4.37. The maximum Gasteiger partial charge on any atom is 0.416 e. The van der Waals surface area contributed by atoms with Crippen LogP contribution in [0.2, 0.25) is 0 Å². The number of nitrogens with zero attached hydrogens (tertiary/aromatic N) is 3. The van der Waals surface area contributed by atoms with Crippen LogP contribution in [-0.2, 0) is 6.18 Å². The average Bonchev–Trinajstić information content (AvgIpc) is 3.02. The zero-order valence-corrected chi connectivity index (χ0v) is 15.5. The summed E-state index contributed by atoms with van der Waals surface area (Å²) in [7, 11) is 0. The molecule has 1 fully saturated rings. The summed E-state index contributed by atoms with van der Waals surface area (Å²) in [4.78, 5) is 16.5. The first-order valence-electron chi connectivity index (χ1n) is 8.86. The number of aryl methyl sites for hydroxylation is 1. The van der Waals surface area contributed by atoms with Crippen molar-refractivity contribution in [3.8, 4) is 0 Å². The van der Waals surface area contributed by atoms with E-state index in [1.54, 1.807) is 17.9 Å². The van der Waals surface area contributed by atoms with Gasteiger partial charge in [0.25, 0.3) is 5.91 Å². The van der Waals surface area contributed by atoms with Crippen LogP contribution in [0.1, 0.15) is 47.1 Å². The smallest absolute Gasteiger partial charge is 0.368 e. The molecule has 0 N–H and O–H groups in total. The third kappa shape index (κ3) is 3.94. The summed E-state index contributed by atoms with van der Waals surface area (Å²) >= 11 is 0. The third-order valence-corrected chi connectivity index (χ3v) is 4.73. The zero-order chi connectivity index (χ0) is 19.8. The van der Waals surface area contributed by atoms with Gasteiger partial charge in [-0.05, 0) is 25.1 Å². The molecule has 2 heterocycles. The van der Waals surface area contributed by atoms with Gasteiger partial charge in [0, 0.05) is 37.8 Å². The summed E-state index contributed by atoms with van der Waals surface area (Å²) in [6.45, 7) is 7.39. The molecule has 146 valence electrons. The molecule has 8 heteroatoms. The van der Waals surface area contributed by atoms with Crippen LogP contribution in [0.15, 0.2) is 28.8 Å². The van der Waals surface area contributed by atoms with Crippen molar-refractivity contribution in [1.82, 2.24) is 10.1 Å². The van der Waals surface area contributed by atoms with Crippen LogP contribution in [0.3, 0.4) is 0 Å². The largest absolute Gasteiger partial charge is 0.416 e. The van der Waals surface area contributed by atoms with Gasteiger partial charge in [-0.15, -0.1) is 0 Å². The van der Waals surface area contributed by atoms with Crippen molar-refractivity contribution in [2.75, 3.05) is 31.1 Å². The Hall–Kier alpha value is -2.51. The minimum Gasteiger partial charge on any atom is -0.368 e. The van der Waals surface area contributed by atoms with Crippen molar-refractivity contribution in [3.05, 3.63) is 46.8 Å². The fourth-order valence-corrected chi connectivity index (χ4v) is 3.25. The molecule has 1 aromatic heterocycles. The molecule has 1 saturated heterocycles. The molecule has 1 amide bonds. The zero-order valence-electron chi connectivity index (χ0n) is 15.5. The van der Waals surface area contributed by atoms with Gasteiger partial charge in [-0.1, -0.05) is 25.1 Å². The van der Waals surface area contributed by atoms with Crippen molar-refractivity contribution in [2.45, 2.75) is 32.9 Å². The number of carbonyl (C=O) groups excluding carboxylic acids is 1. The van der Waals surface area contributed by atoms with E-state index in [-0.39, 0.29) is 11.8 Å². The number of amides is 1. The highest BCUT2D eigenvalue weighted by atomic mass is 19.4. The molecular formula is C19H22F3N3O2. The Morgan fingerprint density at radius 2 is 1.85 bits per heavy atom. The SMILES string of the molecule is Cc1noc(C(C)C)c1C(=O)N1CCN(c2cccc(C(F)(F)F)c2)CC1. The van der Waals surface area contributed by atoms with Gasteiger partial charge in [0.2, 0.25) is 0 Å². The summed E-state index contributed by atoms with van der Waals surface area (Å²) in [6, 6.07) is 5.28.